The minimum absolute atomic E-state index is 0.0267. The van der Waals surface area contributed by atoms with Gasteiger partial charge in [0.1, 0.15) is 24.0 Å². The number of carbonyl (C=O) groups excluding carboxylic acids is 1. The number of nitriles is 1. The SMILES string of the molecule is C/C=C/C(F)(F)c1cc(N2C(=O)C(C)(C)N(c3cc(F)c4ncnc(OCCO)c4c3)C2=S)ccc1C#N. The Morgan fingerprint density at radius 3 is 2.63 bits per heavy atom. The minimum atomic E-state index is -3.47. The summed E-state index contributed by atoms with van der Waals surface area (Å²) in [4.78, 5) is 24.0. The van der Waals surface area contributed by atoms with E-state index < -0.39 is 28.7 Å². The number of carbonyl (C=O) groups is 1. The molecule has 1 aliphatic rings. The lowest BCUT2D eigenvalue weighted by atomic mass is 9.99. The van der Waals surface area contributed by atoms with E-state index in [0.717, 1.165) is 23.4 Å². The Hall–Kier alpha value is -4.08. The van der Waals surface area contributed by atoms with Gasteiger partial charge in [0.25, 0.3) is 11.8 Å². The van der Waals surface area contributed by atoms with Gasteiger partial charge in [-0.2, -0.15) is 14.0 Å². The fourth-order valence-electron chi connectivity index (χ4n) is 4.27. The maximum atomic E-state index is 15.2. The number of thiocarbonyl (C=S) groups is 1. The first-order chi connectivity index (χ1) is 18.0. The molecule has 0 bridgehead atoms. The van der Waals surface area contributed by atoms with Crippen molar-refractivity contribution in [1.82, 2.24) is 9.97 Å². The fourth-order valence-corrected chi connectivity index (χ4v) is 4.80. The third kappa shape index (κ3) is 4.44. The first-order valence-corrected chi connectivity index (χ1v) is 11.8. The highest BCUT2D eigenvalue weighted by Crippen LogP contribution is 2.41. The molecule has 1 aliphatic heterocycles. The summed E-state index contributed by atoms with van der Waals surface area (Å²) in [6, 6.07) is 8.01. The normalized spacial score (nSPS) is 15.5. The monoisotopic (exact) mass is 541 g/mol. The van der Waals surface area contributed by atoms with E-state index >= 15 is 4.39 Å². The number of aliphatic hydroxyl groups is 1. The van der Waals surface area contributed by atoms with E-state index in [2.05, 4.69) is 9.97 Å². The summed E-state index contributed by atoms with van der Waals surface area (Å²) < 4.78 is 50.2. The summed E-state index contributed by atoms with van der Waals surface area (Å²) >= 11 is 5.62. The molecule has 2 heterocycles. The Labute approximate surface area is 221 Å². The number of rotatable bonds is 7. The molecule has 196 valence electrons. The number of hydrogen-bond donors (Lipinski definition) is 1. The summed E-state index contributed by atoms with van der Waals surface area (Å²) in [6.45, 7) is 4.18. The number of aliphatic hydroxyl groups excluding tert-OH is 1. The Morgan fingerprint density at radius 2 is 1.97 bits per heavy atom. The maximum absolute atomic E-state index is 15.2. The molecular weight excluding hydrogens is 519 g/mol. The molecule has 1 amide bonds. The number of nitrogens with zero attached hydrogens (tertiary/aromatic N) is 5. The molecule has 0 spiro atoms. The van der Waals surface area contributed by atoms with Crippen molar-refractivity contribution in [2.75, 3.05) is 23.0 Å². The van der Waals surface area contributed by atoms with Gasteiger partial charge in [0.15, 0.2) is 10.9 Å². The highest BCUT2D eigenvalue weighted by atomic mass is 32.1. The molecule has 1 saturated heterocycles. The second kappa shape index (κ2) is 10.00. The highest BCUT2D eigenvalue weighted by Gasteiger charge is 2.51. The van der Waals surface area contributed by atoms with Crippen LogP contribution < -0.4 is 14.5 Å². The van der Waals surface area contributed by atoms with Crippen molar-refractivity contribution in [3.8, 4) is 11.9 Å². The average molecular weight is 542 g/mol. The van der Waals surface area contributed by atoms with Crippen molar-refractivity contribution in [1.29, 1.82) is 5.26 Å². The van der Waals surface area contributed by atoms with Crippen LogP contribution in [-0.2, 0) is 10.7 Å². The van der Waals surface area contributed by atoms with Crippen LogP contribution in [0.1, 0.15) is 31.9 Å². The topological polar surface area (TPSA) is 103 Å². The zero-order valence-corrected chi connectivity index (χ0v) is 21.4. The van der Waals surface area contributed by atoms with E-state index in [9.17, 15) is 18.8 Å². The zero-order chi connectivity index (χ0) is 27.8. The van der Waals surface area contributed by atoms with Gasteiger partial charge < -0.3 is 14.7 Å². The second-order valence-electron chi connectivity index (χ2n) is 8.86. The number of benzene rings is 2. The van der Waals surface area contributed by atoms with Gasteiger partial charge in [-0.1, -0.05) is 6.08 Å². The summed E-state index contributed by atoms with van der Waals surface area (Å²) in [7, 11) is 0. The van der Waals surface area contributed by atoms with Gasteiger partial charge in [-0.05, 0) is 69.4 Å². The Balaban J connectivity index is 1.84. The lowest BCUT2D eigenvalue weighted by Crippen LogP contribution is -2.44. The van der Waals surface area contributed by atoms with Crippen LogP contribution in [0.5, 0.6) is 5.88 Å². The zero-order valence-electron chi connectivity index (χ0n) is 20.6. The molecule has 0 saturated carbocycles. The number of ether oxygens (including phenoxy) is 1. The van der Waals surface area contributed by atoms with E-state index in [4.69, 9.17) is 22.1 Å². The van der Waals surface area contributed by atoms with Crippen LogP contribution in [0.3, 0.4) is 0 Å². The predicted octanol–water partition coefficient (Wildman–Crippen LogP) is 4.60. The Kier molecular flexibility index (Phi) is 7.10. The molecule has 0 radical (unpaired) electrons. The minimum Gasteiger partial charge on any atom is -0.475 e. The van der Waals surface area contributed by atoms with Crippen molar-refractivity contribution in [3.05, 3.63) is 65.8 Å². The molecule has 0 atom stereocenters. The molecule has 1 aromatic heterocycles. The number of alkyl halides is 2. The molecule has 4 rings (SSSR count). The summed E-state index contributed by atoms with van der Waals surface area (Å²) in [5.41, 5.74) is -2.01. The quantitative estimate of drug-likeness (QED) is 0.342. The molecule has 2 aromatic carbocycles. The summed E-state index contributed by atoms with van der Waals surface area (Å²) in [6.07, 6.45) is 2.95. The molecule has 3 aromatic rings. The lowest BCUT2D eigenvalue weighted by Gasteiger charge is -2.29. The largest absolute Gasteiger partial charge is 0.475 e. The van der Waals surface area contributed by atoms with Crippen LogP contribution in [0.15, 0.2) is 48.8 Å². The standard InChI is InChI=1S/C26H22F3N5O3S/c1-4-7-26(28,29)19-11-16(6-5-15(19)13-30)33-23(36)25(2,3)34(24(33)38)17-10-18-21(20(27)12-17)31-14-32-22(18)37-9-8-35/h4-7,10-12,14,35H,8-9H2,1-3H3/b7-4+. The third-order valence-electron chi connectivity index (χ3n) is 6.01. The summed E-state index contributed by atoms with van der Waals surface area (Å²) in [5.74, 6) is -4.72. The third-order valence-corrected chi connectivity index (χ3v) is 6.38. The number of halogens is 3. The van der Waals surface area contributed by atoms with Crippen molar-refractivity contribution >= 4 is 45.5 Å². The second-order valence-corrected chi connectivity index (χ2v) is 9.22. The first-order valence-electron chi connectivity index (χ1n) is 11.4. The number of amides is 1. The molecule has 1 fully saturated rings. The van der Waals surface area contributed by atoms with Crippen molar-refractivity contribution in [3.63, 3.8) is 0 Å². The highest BCUT2D eigenvalue weighted by molar-refractivity contribution is 7.81. The lowest BCUT2D eigenvalue weighted by molar-refractivity contribution is -0.120. The Bertz CT molecular complexity index is 1520. The maximum Gasteiger partial charge on any atom is 0.293 e. The number of allylic oxidation sites excluding steroid dienone is 2. The van der Waals surface area contributed by atoms with E-state index in [1.54, 1.807) is 19.9 Å². The van der Waals surface area contributed by atoms with Crippen molar-refractivity contribution in [2.24, 2.45) is 0 Å². The smallest absolute Gasteiger partial charge is 0.293 e. The molecule has 1 N–H and O–H groups in total. The fraction of sp³-hybridized carbons (Fsp3) is 0.269. The van der Waals surface area contributed by atoms with E-state index in [-0.39, 0.29) is 52.0 Å². The Morgan fingerprint density at radius 1 is 1.24 bits per heavy atom. The molecule has 8 nitrogen and oxygen atoms in total. The average Bonchev–Trinajstić information content (AvgIpc) is 3.05. The molecule has 0 aliphatic carbocycles. The van der Waals surface area contributed by atoms with Gasteiger partial charge in [0, 0.05) is 11.3 Å². The van der Waals surface area contributed by atoms with Crippen molar-refractivity contribution in [2.45, 2.75) is 32.2 Å². The van der Waals surface area contributed by atoms with Gasteiger partial charge in [0.05, 0.1) is 29.3 Å². The number of fused-ring (bicyclic) bond motifs is 1. The van der Waals surface area contributed by atoms with Crippen LogP contribution in [0.2, 0.25) is 0 Å². The predicted molar refractivity (Wildman–Crippen MR) is 139 cm³/mol. The molecule has 0 unspecified atom stereocenters. The van der Waals surface area contributed by atoms with Crippen molar-refractivity contribution < 1.29 is 27.8 Å². The van der Waals surface area contributed by atoms with E-state index in [0.29, 0.717) is 6.08 Å². The van der Waals surface area contributed by atoms with E-state index in [1.165, 1.54) is 36.1 Å². The van der Waals surface area contributed by atoms with E-state index in [1.807, 2.05) is 0 Å². The van der Waals surface area contributed by atoms with Gasteiger partial charge in [0.2, 0.25) is 5.88 Å². The van der Waals surface area contributed by atoms with Gasteiger partial charge in [-0.25, -0.2) is 14.4 Å². The first kappa shape index (κ1) is 27.0. The van der Waals surface area contributed by atoms with Crippen LogP contribution in [0, 0.1) is 17.1 Å². The number of hydrogen-bond acceptors (Lipinski definition) is 7. The van der Waals surface area contributed by atoms with Crippen LogP contribution in [0.25, 0.3) is 10.9 Å². The van der Waals surface area contributed by atoms with Crippen LogP contribution in [0.4, 0.5) is 24.5 Å². The van der Waals surface area contributed by atoms with Gasteiger partial charge >= 0.3 is 0 Å². The van der Waals surface area contributed by atoms with Crippen LogP contribution >= 0.6 is 12.2 Å². The van der Waals surface area contributed by atoms with Crippen LogP contribution in [-0.4, -0.2) is 44.8 Å². The van der Waals surface area contributed by atoms with Gasteiger partial charge in [-0.3, -0.25) is 9.69 Å². The molecule has 12 heteroatoms. The number of anilines is 2. The van der Waals surface area contributed by atoms with Gasteiger partial charge in [-0.15, -0.1) is 0 Å². The molecule has 38 heavy (non-hydrogen) atoms. The molecular formula is C26H22F3N5O3S. The summed E-state index contributed by atoms with van der Waals surface area (Å²) in [5, 5.41) is 18.6. The number of aromatic nitrogens is 2.